The molecule has 0 fully saturated rings. The summed E-state index contributed by atoms with van der Waals surface area (Å²) in [6.45, 7) is 0. The van der Waals surface area contributed by atoms with Gasteiger partial charge in [0.25, 0.3) is 0 Å². The minimum Gasteiger partial charge on any atom is -0.253 e. The summed E-state index contributed by atoms with van der Waals surface area (Å²) in [5, 5.41) is 2.37. The number of pyridine rings is 2. The summed E-state index contributed by atoms with van der Waals surface area (Å²) in [5.41, 5.74) is 4.32. The Kier molecular flexibility index (Phi) is 3.73. The lowest BCUT2D eigenvalue weighted by molar-refractivity contribution is 0.964. The van der Waals surface area contributed by atoms with Crippen LogP contribution in [0.2, 0.25) is 0 Å². The van der Waals surface area contributed by atoms with Gasteiger partial charge in [0.05, 0.1) is 11.0 Å². The summed E-state index contributed by atoms with van der Waals surface area (Å²) < 4.78 is 0. The van der Waals surface area contributed by atoms with Gasteiger partial charge >= 0.3 is 0 Å². The van der Waals surface area contributed by atoms with E-state index < -0.39 is 0 Å². The Morgan fingerprint density at radius 3 is 1.57 bits per heavy atom. The fourth-order valence-corrected chi connectivity index (χ4v) is 2.81. The maximum Gasteiger partial charge on any atom is 0.0705 e. The van der Waals surface area contributed by atoms with Crippen LogP contribution in [0.4, 0.5) is 0 Å². The summed E-state index contributed by atoms with van der Waals surface area (Å²) in [6, 6.07) is 24.9. The molecule has 0 saturated heterocycles. The van der Waals surface area contributed by atoms with E-state index in [1.807, 2.05) is 24.3 Å². The molecule has 0 unspecified atom stereocenters. The molecule has 23 heavy (non-hydrogen) atoms. The summed E-state index contributed by atoms with van der Waals surface area (Å²) >= 11 is 0. The zero-order chi connectivity index (χ0) is 15.5. The van der Waals surface area contributed by atoms with Crippen LogP contribution in [0.15, 0.2) is 72.8 Å². The van der Waals surface area contributed by atoms with Crippen LogP contribution >= 0.6 is 0 Å². The van der Waals surface area contributed by atoms with Crippen molar-refractivity contribution in [3.63, 3.8) is 0 Å². The maximum absolute atomic E-state index is 4.70. The van der Waals surface area contributed by atoms with Crippen molar-refractivity contribution in [3.8, 4) is 0 Å². The molecule has 2 heterocycles. The van der Waals surface area contributed by atoms with Gasteiger partial charge in [-0.05, 0) is 43.5 Å². The molecule has 4 rings (SSSR count). The van der Waals surface area contributed by atoms with E-state index in [-0.39, 0.29) is 0 Å². The minimum absolute atomic E-state index is 0.860. The fraction of sp³-hybridized carbons (Fsp3) is 0.0952. The Labute approximate surface area is 135 Å². The first-order valence-electron chi connectivity index (χ1n) is 7.89. The van der Waals surface area contributed by atoms with Gasteiger partial charge < -0.3 is 0 Å². The lowest BCUT2D eigenvalue weighted by atomic mass is 10.1. The first kappa shape index (κ1) is 13.9. The van der Waals surface area contributed by atoms with Gasteiger partial charge in [-0.25, -0.2) is 0 Å². The Bertz CT molecular complexity index is 880. The number of hydrogen-bond donors (Lipinski definition) is 0. The van der Waals surface area contributed by atoms with Gasteiger partial charge in [-0.2, -0.15) is 0 Å². The normalized spacial score (nSPS) is 11.1. The second kappa shape index (κ2) is 6.17. The summed E-state index contributed by atoms with van der Waals surface area (Å²) in [7, 11) is 0. The number of fused-ring (bicyclic) bond motifs is 2. The van der Waals surface area contributed by atoms with Crippen molar-refractivity contribution in [2.45, 2.75) is 12.8 Å². The largest absolute Gasteiger partial charge is 0.253 e. The van der Waals surface area contributed by atoms with Crippen molar-refractivity contribution in [3.05, 3.63) is 90.6 Å². The molecule has 1 radical (unpaired) electrons. The molecule has 0 aliphatic carbocycles. The first-order valence-corrected chi connectivity index (χ1v) is 7.89. The highest BCUT2D eigenvalue weighted by atomic mass is 14.7. The standard InChI is InChI=1S/C21H17N2/c1-3-10-20-16(6-1)12-14-18(22-20)8-5-9-19-15-13-17-7-2-4-11-21(17)23-19/h1-7,10-15H,8-9H2. The molecule has 2 nitrogen and oxygen atoms in total. The van der Waals surface area contributed by atoms with Crippen LogP contribution in [0.25, 0.3) is 21.8 Å². The molecule has 2 heteroatoms. The Hall–Kier alpha value is -2.74. The zero-order valence-corrected chi connectivity index (χ0v) is 12.8. The van der Waals surface area contributed by atoms with Gasteiger partial charge in [0.2, 0.25) is 0 Å². The Morgan fingerprint density at radius 1 is 0.565 bits per heavy atom. The van der Waals surface area contributed by atoms with Gasteiger partial charge in [0.15, 0.2) is 0 Å². The average molecular weight is 297 g/mol. The third-order valence-corrected chi connectivity index (χ3v) is 4.02. The van der Waals surface area contributed by atoms with Crippen molar-refractivity contribution >= 4 is 21.8 Å². The van der Waals surface area contributed by atoms with Gasteiger partial charge in [-0.15, -0.1) is 0 Å². The molecule has 0 saturated carbocycles. The number of hydrogen-bond acceptors (Lipinski definition) is 2. The van der Waals surface area contributed by atoms with Crippen LogP contribution in [-0.4, -0.2) is 9.97 Å². The monoisotopic (exact) mass is 297 g/mol. The predicted octanol–water partition coefficient (Wildman–Crippen LogP) is 4.77. The van der Waals surface area contributed by atoms with E-state index in [1.54, 1.807) is 0 Å². The van der Waals surface area contributed by atoms with E-state index in [9.17, 15) is 0 Å². The van der Waals surface area contributed by atoms with Gasteiger partial charge in [0.1, 0.15) is 0 Å². The van der Waals surface area contributed by atoms with E-state index in [4.69, 9.17) is 9.97 Å². The maximum atomic E-state index is 4.70. The molecule has 0 aliphatic heterocycles. The number of aromatic nitrogens is 2. The van der Waals surface area contributed by atoms with Crippen molar-refractivity contribution in [2.24, 2.45) is 0 Å². The van der Waals surface area contributed by atoms with E-state index >= 15 is 0 Å². The lowest BCUT2D eigenvalue weighted by Gasteiger charge is -2.04. The SMILES string of the molecule is [CH](Cc1ccc2ccccc2n1)Cc1ccc2ccccc2n1. The smallest absolute Gasteiger partial charge is 0.0705 e. The molecular formula is C21H17N2. The number of para-hydroxylation sites is 2. The van der Waals surface area contributed by atoms with Crippen molar-refractivity contribution in [2.75, 3.05) is 0 Å². The van der Waals surface area contributed by atoms with Crippen LogP contribution in [0.1, 0.15) is 11.4 Å². The van der Waals surface area contributed by atoms with Gasteiger partial charge in [-0.1, -0.05) is 48.5 Å². The second-order valence-electron chi connectivity index (χ2n) is 5.69. The number of rotatable bonds is 4. The fourth-order valence-electron chi connectivity index (χ4n) is 2.81. The average Bonchev–Trinajstić information content (AvgIpc) is 2.61. The Morgan fingerprint density at radius 2 is 1.04 bits per heavy atom. The third kappa shape index (κ3) is 3.07. The second-order valence-corrected chi connectivity index (χ2v) is 5.69. The predicted molar refractivity (Wildman–Crippen MR) is 95.2 cm³/mol. The van der Waals surface area contributed by atoms with E-state index in [0.29, 0.717) is 0 Å². The molecule has 0 N–H and O–H groups in total. The van der Waals surface area contributed by atoms with Gasteiger partial charge in [0, 0.05) is 22.2 Å². The number of benzene rings is 2. The first-order chi connectivity index (χ1) is 11.4. The molecular weight excluding hydrogens is 280 g/mol. The van der Waals surface area contributed by atoms with Crippen LogP contribution < -0.4 is 0 Å². The highest BCUT2D eigenvalue weighted by Crippen LogP contribution is 2.15. The van der Waals surface area contributed by atoms with Gasteiger partial charge in [-0.3, -0.25) is 9.97 Å². The van der Waals surface area contributed by atoms with Crippen molar-refractivity contribution in [1.29, 1.82) is 0 Å². The highest BCUT2D eigenvalue weighted by Gasteiger charge is 2.01. The van der Waals surface area contributed by atoms with Crippen LogP contribution in [0, 0.1) is 6.42 Å². The van der Waals surface area contributed by atoms with Crippen LogP contribution in [0.5, 0.6) is 0 Å². The molecule has 0 atom stereocenters. The van der Waals surface area contributed by atoms with E-state index in [2.05, 4.69) is 55.0 Å². The van der Waals surface area contributed by atoms with E-state index in [0.717, 1.165) is 35.3 Å². The number of nitrogens with zero attached hydrogens (tertiary/aromatic N) is 2. The van der Waals surface area contributed by atoms with Crippen LogP contribution in [-0.2, 0) is 12.8 Å². The topological polar surface area (TPSA) is 25.8 Å². The molecule has 0 spiro atoms. The molecule has 0 aliphatic rings. The summed E-state index contributed by atoms with van der Waals surface area (Å²) in [4.78, 5) is 9.41. The van der Waals surface area contributed by atoms with Crippen molar-refractivity contribution in [1.82, 2.24) is 9.97 Å². The minimum atomic E-state index is 0.860. The molecule has 2 aromatic carbocycles. The molecule has 111 valence electrons. The van der Waals surface area contributed by atoms with E-state index in [1.165, 1.54) is 10.8 Å². The molecule has 2 aromatic heterocycles. The summed E-state index contributed by atoms with van der Waals surface area (Å²) in [6.07, 6.45) is 3.97. The molecule has 0 bridgehead atoms. The summed E-state index contributed by atoms with van der Waals surface area (Å²) in [5.74, 6) is 0. The van der Waals surface area contributed by atoms with Crippen molar-refractivity contribution < 1.29 is 0 Å². The molecule has 4 aromatic rings. The molecule has 0 amide bonds. The zero-order valence-electron chi connectivity index (χ0n) is 12.8. The third-order valence-electron chi connectivity index (χ3n) is 4.02. The highest BCUT2D eigenvalue weighted by molar-refractivity contribution is 5.79. The lowest BCUT2D eigenvalue weighted by Crippen LogP contribution is -1.96. The quantitative estimate of drug-likeness (QED) is 0.542. The van der Waals surface area contributed by atoms with Crippen LogP contribution in [0.3, 0.4) is 0 Å². The Balaban J connectivity index is 1.45.